The summed E-state index contributed by atoms with van der Waals surface area (Å²) in [5.74, 6) is 0. The van der Waals surface area contributed by atoms with Crippen molar-refractivity contribution in [2.75, 3.05) is 0 Å². The highest BCUT2D eigenvalue weighted by atomic mass is 16.3. The number of furan rings is 1. The molecule has 1 aliphatic carbocycles. The van der Waals surface area contributed by atoms with Crippen LogP contribution in [0.3, 0.4) is 0 Å². The van der Waals surface area contributed by atoms with E-state index in [9.17, 15) is 0 Å². The molecule has 4 aromatic heterocycles. The minimum atomic E-state index is 0.691. The first kappa shape index (κ1) is 36.1. The summed E-state index contributed by atoms with van der Waals surface area (Å²) in [6.07, 6.45) is 13.4. The highest BCUT2D eigenvalue weighted by Gasteiger charge is 2.20. The Morgan fingerprint density at radius 1 is 0.525 bits per heavy atom. The van der Waals surface area contributed by atoms with Crippen molar-refractivity contribution in [2.24, 2.45) is 0 Å². The predicted molar refractivity (Wildman–Crippen MR) is 255 cm³/mol. The van der Waals surface area contributed by atoms with Crippen LogP contribution >= 0.6 is 0 Å². The van der Waals surface area contributed by atoms with Crippen LogP contribution in [0.15, 0.2) is 199 Å². The van der Waals surface area contributed by atoms with E-state index >= 15 is 0 Å². The lowest BCUT2D eigenvalue weighted by Gasteiger charge is -2.10. The first-order chi connectivity index (χ1) is 30.2. The van der Waals surface area contributed by atoms with E-state index in [0.717, 1.165) is 62.0 Å². The van der Waals surface area contributed by atoms with Crippen molar-refractivity contribution in [1.82, 2.24) is 19.1 Å². The Morgan fingerprint density at radius 3 is 1.93 bits per heavy atom. The lowest BCUT2D eigenvalue weighted by atomic mass is 10.00. The first-order valence-corrected chi connectivity index (χ1v) is 20.7. The maximum atomic E-state index is 6.63. The third kappa shape index (κ3) is 6.01. The topological polar surface area (TPSA) is 48.8 Å². The summed E-state index contributed by atoms with van der Waals surface area (Å²) in [5, 5.41) is 4.67. The molecule has 0 saturated heterocycles. The average Bonchev–Trinajstić information content (AvgIpc) is 3.89. The van der Waals surface area contributed by atoms with Crippen molar-refractivity contribution in [2.45, 2.75) is 13.3 Å². The fourth-order valence-electron chi connectivity index (χ4n) is 9.00. The zero-order valence-corrected chi connectivity index (χ0v) is 33.7. The van der Waals surface area contributed by atoms with Crippen molar-refractivity contribution < 1.29 is 4.42 Å². The second-order valence-corrected chi connectivity index (χ2v) is 15.3. The van der Waals surface area contributed by atoms with Crippen LogP contribution in [0, 0.1) is 0 Å². The SMILES string of the molecule is C1=Cc2c(n(-c3ccccc3)c3ccc(-c4ccc5c(c4)c4ccccc4n5-c4ccc(-c5ncnc6c5oc5c(-c7ccccc7)cccc56)cc4)cc23)C=CC1.C=CC. The van der Waals surface area contributed by atoms with Gasteiger partial charge >= 0.3 is 0 Å². The predicted octanol–water partition coefficient (Wildman–Crippen LogP) is 15.0. The van der Waals surface area contributed by atoms with Crippen molar-refractivity contribution in [3.05, 3.63) is 206 Å². The van der Waals surface area contributed by atoms with E-state index in [1.54, 1.807) is 12.4 Å². The molecule has 0 N–H and O–H groups in total. The van der Waals surface area contributed by atoms with E-state index in [-0.39, 0.29) is 0 Å². The lowest BCUT2D eigenvalue weighted by Crippen LogP contribution is -1.96. The Labute approximate surface area is 353 Å². The van der Waals surface area contributed by atoms with Gasteiger partial charge in [-0.2, -0.15) is 0 Å². The van der Waals surface area contributed by atoms with Gasteiger partial charge in [-0.15, -0.1) is 6.58 Å². The molecule has 5 heteroatoms. The van der Waals surface area contributed by atoms with Crippen LogP contribution in [0.25, 0.3) is 112 Å². The summed E-state index contributed by atoms with van der Waals surface area (Å²) >= 11 is 0. The third-order valence-corrected chi connectivity index (χ3v) is 11.7. The molecular weight excluding hydrogens is 745 g/mol. The van der Waals surface area contributed by atoms with Gasteiger partial charge in [-0.05, 0) is 96.8 Å². The number of nitrogens with zero attached hydrogens (tertiary/aromatic N) is 4. The zero-order chi connectivity index (χ0) is 40.9. The number of hydrogen-bond donors (Lipinski definition) is 0. The second kappa shape index (κ2) is 15.0. The van der Waals surface area contributed by atoms with Gasteiger partial charge in [0.15, 0.2) is 5.58 Å². The highest BCUT2D eigenvalue weighted by Crippen LogP contribution is 2.41. The number of aromatic nitrogens is 4. The van der Waals surface area contributed by atoms with Crippen molar-refractivity contribution in [1.29, 1.82) is 0 Å². The molecular formula is C56H40N4O. The van der Waals surface area contributed by atoms with Crippen LogP contribution in [0.1, 0.15) is 24.6 Å². The smallest absolute Gasteiger partial charge is 0.180 e. The van der Waals surface area contributed by atoms with Gasteiger partial charge in [0.2, 0.25) is 0 Å². The van der Waals surface area contributed by atoms with Gasteiger partial charge in [-0.1, -0.05) is 127 Å². The summed E-state index contributed by atoms with van der Waals surface area (Å²) in [4.78, 5) is 9.43. The minimum Gasteiger partial charge on any atom is -0.451 e. The van der Waals surface area contributed by atoms with E-state index in [1.807, 2.05) is 25.1 Å². The quantitative estimate of drug-likeness (QED) is 0.163. The van der Waals surface area contributed by atoms with Crippen molar-refractivity contribution in [3.63, 3.8) is 0 Å². The van der Waals surface area contributed by atoms with E-state index in [0.29, 0.717) is 5.58 Å². The molecule has 0 aliphatic heterocycles. The molecule has 7 aromatic carbocycles. The number of fused-ring (bicyclic) bond motifs is 9. The summed E-state index contributed by atoms with van der Waals surface area (Å²) in [7, 11) is 0. The molecule has 61 heavy (non-hydrogen) atoms. The third-order valence-electron chi connectivity index (χ3n) is 11.7. The number of rotatable bonds is 5. The maximum Gasteiger partial charge on any atom is 0.180 e. The van der Waals surface area contributed by atoms with Gasteiger partial charge in [-0.25, -0.2) is 9.97 Å². The van der Waals surface area contributed by atoms with Crippen LogP contribution in [0.5, 0.6) is 0 Å². The van der Waals surface area contributed by atoms with Gasteiger partial charge in [0.1, 0.15) is 23.1 Å². The number of benzene rings is 7. The first-order valence-electron chi connectivity index (χ1n) is 20.7. The molecule has 0 fully saturated rings. The van der Waals surface area contributed by atoms with E-state index in [4.69, 9.17) is 9.40 Å². The summed E-state index contributed by atoms with van der Waals surface area (Å²) in [5.41, 5.74) is 16.9. The van der Waals surface area contributed by atoms with Gasteiger partial charge < -0.3 is 13.6 Å². The average molecular weight is 785 g/mol. The standard InChI is InChI=1S/C53H34N4O.C3H6/c1-4-13-34(14-5-1)40-19-12-20-43-51-53(58-52(40)43)50(54-33-55-51)35-23-27-39(28-24-35)57-47-22-11-10-18-42(47)45-32-37(26-30-49(45)57)36-25-29-48-44(31-36)41-17-8-3-9-21-46(41)56(48)38-15-6-2-7-16-38;1-3-2/h1-2,4-33H,3H2;3H,1H2,2H3. The Hall–Kier alpha value is -8.02. The fourth-order valence-corrected chi connectivity index (χ4v) is 9.00. The minimum absolute atomic E-state index is 0.691. The molecule has 0 amide bonds. The van der Waals surface area contributed by atoms with Crippen LogP contribution in [-0.2, 0) is 0 Å². The molecule has 1 aliphatic rings. The lowest BCUT2D eigenvalue weighted by molar-refractivity contribution is 0.668. The Balaban J connectivity index is 0.00000136. The van der Waals surface area contributed by atoms with Crippen LogP contribution < -0.4 is 0 Å². The van der Waals surface area contributed by atoms with Crippen molar-refractivity contribution >= 4 is 66.9 Å². The molecule has 4 heterocycles. The van der Waals surface area contributed by atoms with Crippen LogP contribution in [0.2, 0.25) is 0 Å². The second-order valence-electron chi connectivity index (χ2n) is 15.3. The molecule has 0 atom stereocenters. The number of hydrogen-bond acceptors (Lipinski definition) is 3. The zero-order valence-electron chi connectivity index (χ0n) is 33.7. The van der Waals surface area contributed by atoms with Crippen molar-refractivity contribution in [3.8, 4) is 44.9 Å². The van der Waals surface area contributed by atoms with E-state index < -0.39 is 0 Å². The molecule has 5 nitrogen and oxygen atoms in total. The molecule has 11 aromatic rings. The van der Waals surface area contributed by atoms with Gasteiger partial charge in [-0.3, -0.25) is 0 Å². The number of allylic oxidation sites excluding steroid dienone is 3. The molecule has 0 radical (unpaired) electrons. The molecule has 0 bridgehead atoms. The Morgan fingerprint density at radius 2 is 1.15 bits per heavy atom. The van der Waals surface area contributed by atoms with Gasteiger partial charge in [0.25, 0.3) is 0 Å². The Bertz CT molecular complexity index is 3510. The van der Waals surface area contributed by atoms with E-state index in [2.05, 4.69) is 191 Å². The molecule has 12 rings (SSSR count). The molecule has 0 spiro atoms. The summed E-state index contributed by atoms with van der Waals surface area (Å²) < 4.78 is 11.4. The molecule has 0 unspecified atom stereocenters. The molecule has 290 valence electrons. The normalized spacial score (nSPS) is 12.2. The summed E-state index contributed by atoms with van der Waals surface area (Å²) in [6, 6.07) is 58.4. The van der Waals surface area contributed by atoms with Crippen LogP contribution in [0.4, 0.5) is 0 Å². The largest absolute Gasteiger partial charge is 0.451 e. The number of para-hydroxylation sites is 3. The monoisotopic (exact) mass is 784 g/mol. The van der Waals surface area contributed by atoms with Gasteiger partial charge in [0, 0.05) is 49.6 Å². The van der Waals surface area contributed by atoms with Gasteiger partial charge in [0.05, 0.1) is 22.2 Å². The highest BCUT2D eigenvalue weighted by molar-refractivity contribution is 6.12. The maximum absolute atomic E-state index is 6.63. The summed E-state index contributed by atoms with van der Waals surface area (Å²) in [6.45, 7) is 5.25. The van der Waals surface area contributed by atoms with E-state index in [1.165, 1.54) is 49.7 Å². The fraction of sp³-hybridized carbons (Fsp3) is 0.0357. The van der Waals surface area contributed by atoms with Crippen LogP contribution in [-0.4, -0.2) is 19.1 Å². The Kier molecular flexibility index (Phi) is 8.86. The molecule has 0 saturated carbocycles.